The molecule has 1 amide bonds. The van der Waals surface area contributed by atoms with Gasteiger partial charge in [0.15, 0.2) is 4.67 Å². The van der Waals surface area contributed by atoms with Gasteiger partial charge in [-0.3, -0.25) is 4.79 Å². The van der Waals surface area contributed by atoms with Crippen LogP contribution in [0.3, 0.4) is 0 Å². The molecule has 19 heavy (non-hydrogen) atoms. The Morgan fingerprint density at radius 3 is 2.53 bits per heavy atom. The second kappa shape index (κ2) is 5.15. The molecule has 0 fully saturated rings. The van der Waals surface area contributed by atoms with Crippen LogP contribution in [-0.2, 0) is 0 Å². The second-order valence-corrected chi connectivity index (χ2v) is 4.32. The Morgan fingerprint density at radius 1 is 1.26 bits per heavy atom. The molecule has 0 saturated heterocycles. The molecule has 0 saturated carbocycles. The van der Waals surface area contributed by atoms with Gasteiger partial charge in [0.2, 0.25) is 0 Å². The highest BCUT2D eigenvalue weighted by Crippen LogP contribution is 2.26. The van der Waals surface area contributed by atoms with Crippen molar-refractivity contribution in [1.82, 2.24) is 0 Å². The summed E-state index contributed by atoms with van der Waals surface area (Å²) in [6.07, 6.45) is 1.34. The molecule has 0 atom stereocenters. The Hall–Kier alpha value is -2.28. The van der Waals surface area contributed by atoms with Gasteiger partial charge in [0.25, 0.3) is 5.91 Å². The number of aromatic carboxylic acids is 1. The molecule has 2 aromatic rings. The zero-order valence-corrected chi connectivity index (χ0v) is 11.0. The molecule has 1 heterocycles. The standard InChI is InChI=1S/C12H8BrNO5/c13-10-7(3-4-19-10)11(16)14-8-2-1-6(12(17)18)5-9(8)15/h1-5,15H,(H,14,16)(H,17,18). The van der Waals surface area contributed by atoms with Crippen molar-refractivity contribution in [3.63, 3.8) is 0 Å². The predicted molar refractivity (Wildman–Crippen MR) is 69.4 cm³/mol. The minimum Gasteiger partial charge on any atom is -0.506 e. The van der Waals surface area contributed by atoms with Gasteiger partial charge in [0, 0.05) is 0 Å². The van der Waals surface area contributed by atoms with E-state index in [0.29, 0.717) is 0 Å². The van der Waals surface area contributed by atoms with Crippen LogP contribution in [0.4, 0.5) is 5.69 Å². The lowest BCUT2D eigenvalue weighted by Gasteiger charge is -2.07. The quantitative estimate of drug-likeness (QED) is 0.753. The third-order valence-corrected chi connectivity index (χ3v) is 2.97. The first-order chi connectivity index (χ1) is 8.99. The normalized spacial score (nSPS) is 10.2. The lowest BCUT2D eigenvalue weighted by molar-refractivity contribution is 0.0696. The number of benzene rings is 1. The third-order valence-electron chi connectivity index (χ3n) is 2.36. The van der Waals surface area contributed by atoms with Gasteiger partial charge < -0.3 is 19.9 Å². The number of hydrogen-bond donors (Lipinski definition) is 3. The molecule has 2 rings (SSSR count). The van der Waals surface area contributed by atoms with Crippen LogP contribution >= 0.6 is 15.9 Å². The number of halogens is 1. The molecule has 0 aliphatic heterocycles. The van der Waals surface area contributed by atoms with Crippen LogP contribution in [0.1, 0.15) is 20.7 Å². The number of phenols is 1. The molecule has 3 N–H and O–H groups in total. The maximum absolute atomic E-state index is 11.8. The summed E-state index contributed by atoms with van der Waals surface area (Å²) in [6.45, 7) is 0. The van der Waals surface area contributed by atoms with E-state index in [2.05, 4.69) is 21.2 Å². The highest BCUT2D eigenvalue weighted by atomic mass is 79.9. The zero-order chi connectivity index (χ0) is 14.0. The topological polar surface area (TPSA) is 99.8 Å². The number of carboxylic acids is 1. The summed E-state index contributed by atoms with van der Waals surface area (Å²) in [7, 11) is 0. The van der Waals surface area contributed by atoms with Crippen molar-refractivity contribution in [2.24, 2.45) is 0 Å². The number of aromatic hydroxyl groups is 1. The van der Waals surface area contributed by atoms with E-state index in [-0.39, 0.29) is 27.2 Å². The number of hydrogen-bond acceptors (Lipinski definition) is 4. The van der Waals surface area contributed by atoms with Crippen LogP contribution in [0.25, 0.3) is 0 Å². The zero-order valence-electron chi connectivity index (χ0n) is 9.38. The third kappa shape index (κ3) is 2.76. The Morgan fingerprint density at radius 2 is 2.00 bits per heavy atom. The average Bonchev–Trinajstić information content (AvgIpc) is 2.77. The van der Waals surface area contributed by atoms with Crippen molar-refractivity contribution < 1.29 is 24.2 Å². The molecule has 0 radical (unpaired) electrons. The summed E-state index contributed by atoms with van der Waals surface area (Å²) in [5.41, 5.74) is 0.310. The number of nitrogens with one attached hydrogen (secondary N) is 1. The molecule has 0 aliphatic carbocycles. The highest BCUT2D eigenvalue weighted by Gasteiger charge is 2.15. The number of furan rings is 1. The molecule has 0 aliphatic rings. The van der Waals surface area contributed by atoms with Gasteiger partial charge in [-0.25, -0.2) is 4.79 Å². The number of carbonyl (C=O) groups excluding carboxylic acids is 1. The number of anilines is 1. The van der Waals surface area contributed by atoms with E-state index in [0.717, 1.165) is 6.07 Å². The predicted octanol–water partition coefficient (Wildman–Crippen LogP) is 2.70. The number of carbonyl (C=O) groups is 2. The number of phenolic OH excluding ortho intramolecular Hbond substituents is 1. The highest BCUT2D eigenvalue weighted by molar-refractivity contribution is 9.10. The van der Waals surface area contributed by atoms with Crippen LogP contribution in [0.5, 0.6) is 5.75 Å². The molecular weight excluding hydrogens is 318 g/mol. The largest absolute Gasteiger partial charge is 0.506 e. The van der Waals surface area contributed by atoms with Gasteiger partial charge in [-0.2, -0.15) is 0 Å². The molecule has 7 heteroatoms. The van der Waals surface area contributed by atoms with Crippen molar-refractivity contribution in [2.75, 3.05) is 5.32 Å². The van der Waals surface area contributed by atoms with E-state index in [1.54, 1.807) is 0 Å². The Balaban J connectivity index is 2.23. The molecule has 6 nitrogen and oxygen atoms in total. The van der Waals surface area contributed by atoms with Gasteiger partial charge in [0.1, 0.15) is 5.75 Å². The minimum atomic E-state index is -1.16. The van der Waals surface area contributed by atoms with Gasteiger partial charge in [0.05, 0.1) is 23.1 Å². The summed E-state index contributed by atoms with van der Waals surface area (Å²) in [5, 5.41) is 20.8. The Labute approximate surface area is 115 Å². The summed E-state index contributed by atoms with van der Waals surface area (Å²) in [6, 6.07) is 5.11. The summed E-state index contributed by atoms with van der Waals surface area (Å²) in [4.78, 5) is 22.5. The average molecular weight is 326 g/mol. The first-order valence-electron chi connectivity index (χ1n) is 5.09. The van der Waals surface area contributed by atoms with E-state index in [1.165, 1.54) is 24.5 Å². The van der Waals surface area contributed by atoms with Gasteiger partial charge in [-0.05, 0) is 40.2 Å². The molecular formula is C12H8BrNO5. The summed E-state index contributed by atoms with van der Waals surface area (Å²) >= 11 is 3.06. The molecule has 0 bridgehead atoms. The fourth-order valence-corrected chi connectivity index (χ4v) is 1.84. The van der Waals surface area contributed by atoms with Crippen molar-refractivity contribution >= 4 is 33.5 Å². The Bertz CT molecular complexity index is 649. The van der Waals surface area contributed by atoms with Crippen molar-refractivity contribution in [3.8, 4) is 5.75 Å². The fraction of sp³-hybridized carbons (Fsp3) is 0. The van der Waals surface area contributed by atoms with E-state index >= 15 is 0 Å². The van der Waals surface area contributed by atoms with Gasteiger partial charge in [-0.1, -0.05) is 0 Å². The SMILES string of the molecule is O=C(O)c1ccc(NC(=O)c2ccoc2Br)c(O)c1. The molecule has 98 valence electrons. The lowest BCUT2D eigenvalue weighted by Crippen LogP contribution is -2.11. The van der Waals surface area contributed by atoms with Crippen molar-refractivity contribution in [1.29, 1.82) is 0 Å². The van der Waals surface area contributed by atoms with Crippen molar-refractivity contribution in [2.45, 2.75) is 0 Å². The van der Waals surface area contributed by atoms with Gasteiger partial charge in [-0.15, -0.1) is 0 Å². The van der Waals surface area contributed by atoms with Crippen LogP contribution in [0.2, 0.25) is 0 Å². The lowest BCUT2D eigenvalue weighted by atomic mass is 10.2. The van der Waals surface area contributed by atoms with E-state index in [1.807, 2.05) is 0 Å². The second-order valence-electron chi connectivity index (χ2n) is 3.60. The first kappa shape index (κ1) is 13.2. The monoisotopic (exact) mass is 325 g/mol. The smallest absolute Gasteiger partial charge is 0.335 e. The summed E-state index contributed by atoms with van der Waals surface area (Å²) in [5.74, 6) is -1.97. The van der Waals surface area contributed by atoms with E-state index in [4.69, 9.17) is 9.52 Å². The van der Waals surface area contributed by atoms with Crippen LogP contribution in [0.15, 0.2) is 39.6 Å². The number of amides is 1. The summed E-state index contributed by atoms with van der Waals surface area (Å²) < 4.78 is 5.19. The molecule has 1 aromatic heterocycles. The fourth-order valence-electron chi connectivity index (χ4n) is 1.42. The maximum Gasteiger partial charge on any atom is 0.335 e. The van der Waals surface area contributed by atoms with E-state index in [9.17, 15) is 14.7 Å². The molecule has 0 spiro atoms. The molecule has 0 unspecified atom stereocenters. The van der Waals surface area contributed by atoms with Crippen molar-refractivity contribution in [3.05, 3.63) is 46.3 Å². The van der Waals surface area contributed by atoms with Crippen LogP contribution < -0.4 is 5.32 Å². The first-order valence-corrected chi connectivity index (χ1v) is 5.89. The number of rotatable bonds is 3. The van der Waals surface area contributed by atoms with Crippen LogP contribution in [-0.4, -0.2) is 22.1 Å². The van der Waals surface area contributed by atoms with Gasteiger partial charge >= 0.3 is 5.97 Å². The van der Waals surface area contributed by atoms with E-state index < -0.39 is 11.9 Å². The Kier molecular flexibility index (Phi) is 3.57. The van der Waals surface area contributed by atoms with Crippen LogP contribution in [0, 0.1) is 0 Å². The minimum absolute atomic E-state index is 0.0695. The maximum atomic E-state index is 11.8. The molecule has 1 aromatic carbocycles. The number of carboxylic acid groups (broad SMARTS) is 1.